The van der Waals surface area contributed by atoms with Gasteiger partial charge in [0.25, 0.3) is 5.91 Å². The summed E-state index contributed by atoms with van der Waals surface area (Å²) >= 11 is 7.09. The fourth-order valence-corrected chi connectivity index (χ4v) is 3.77. The van der Waals surface area contributed by atoms with Crippen molar-refractivity contribution in [2.75, 3.05) is 25.5 Å². The summed E-state index contributed by atoms with van der Waals surface area (Å²) in [4.78, 5) is 38.8. The van der Waals surface area contributed by atoms with Crippen LogP contribution in [0.15, 0.2) is 25.0 Å². The second-order valence-electron chi connectivity index (χ2n) is 5.98. The van der Waals surface area contributed by atoms with Gasteiger partial charge in [0.2, 0.25) is 11.8 Å². The van der Waals surface area contributed by atoms with Gasteiger partial charge in [0.15, 0.2) is 5.13 Å². The summed E-state index contributed by atoms with van der Waals surface area (Å²) in [5, 5.41) is 3.30. The standard InChI is InChI=1S/C17H18ClN5O3S/c1-3-14(24)22-17-20-8-12(27-17)16(25)23-5-4-10(9-23)6-13-19-7-11(18)15(21-13)26-2/h3,7-8,10H,1,4-6,9H2,2H3,(H,20,22,24)/t10-/m0/s1. The van der Waals surface area contributed by atoms with E-state index in [1.807, 2.05) is 0 Å². The number of halogens is 1. The molecule has 3 rings (SSSR count). The van der Waals surface area contributed by atoms with Gasteiger partial charge in [-0.25, -0.2) is 9.97 Å². The van der Waals surface area contributed by atoms with Crippen LogP contribution in [0.2, 0.25) is 5.02 Å². The smallest absolute Gasteiger partial charge is 0.265 e. The zero-order chi connectivity index (χ0) is 19.4. The second kappa shape index (κ2) is 8.45. The van der Waals surface area contributed by atoms with Crippen LogP contribution in [0.3, 0.4) is 0 Å². The van der Waals surface area contributed by atoms with Crippen molar-refractivity contribution in [3.63, 3.8) is 0 Å². The van der Waals surface area contributed by atoms with Crippen LogP contribution in [0.4, 0.5) is 5.13 Å². The first-order valence-electron chi connectivity index (χ1n) is 8.24. The molecule has 1 saturated heterocycles. The number of amides is 2. The lowest BCUT2D eigenvalue weighted by molar-refractivity contribution is -0.111. The van der Waals surface area contributed by atoms with Crippen LogP contribution in [0, 0.1) is 5.92 Å². The Hall–Kier alpha value is -2.52. The molecule has 3 heterocycles. The summed E-state index contributed by atoms with van der Waals surface area (Å²) < 4.78 is 5.12. The Labute approximate surface area is 165 Å². The summed E-state index contributed by atoms with van der Waals surface area (Å²) in [6.07, 6.45) is 5.66. The number of carbonyl (C=O) groups excluding carboxylic acids is 2. The molecule has 1 aliphatic heterocycles. The molecule has 0 unspecified atom stereocenters. The molecule has 0 bridgehead atoms. The number of rotatable bonds is 6. The first kappa shape index (κ1) is 19.2. The molecule has 2 aromatic heterocycles. The molecule has 142 valence electrons. The summed E-state index contributed by atoms with van der Waals surface area (Å²) in [5.74, 6) is 0.800. The van der Waals surface area contributed by atoms with Gasteiger partial charge in [0.1, 0.15) is 15.7 Å². The van der Waals surface area contributed by atoms with Crippen molar-refractivity contribution >= 4 is 39.9 Å². The van der Waals surface area contributed by atoms with E-state index in [-0.39, 0.29) is 17.7 Å². The molecule has 0 aromatic carbocycles. The van der Waals surface area contributed by atoms with Crippen molar-refractivity contribution < 1.29 is 14.3 Å². The van der Waals surface area contributed by atoms with Gasteiger partial charge in [-0.15, -0.1) is 0 Å². The number of hydrogen-bond donors (Lipinski definition) is 1. The number of anilines is 1. The molecule has 8 nitrogen and oxygen atoms in total. The highest BCUT2D eigenvalue weighted by Crippen LogP contribution is 2.26. The fraction of sp³-hybridized carbons (Fsp3) is 0.353. The molecule has 0 aliphatic carbocycles. The van der Waals surface area contributed by atoms with Crippen molar-refractivity contribution in [3.8, 4) is 5.88 Å². The second-order valence-corrected chi connectivity index (χ2v) is 7.41. The van der Waals surface area contributed by atoms with Crippen molar-refractivity contribution in [3.05, 3.63) is 40.8 Å². The van der Waals surface area contributed by atoms with E-state index in [1.54, 1.807) is 4.90 Å². The number of hydrogen-bond acceptors (Lipinski definition) is 7. The minimum atomic E-state index is -0.358. The molecule has 1 N–H and O–H groups in total. The molecular formula is C17H18ClN5O3S. The third kappa shape index (κ3) is 4.61. The quantitative estimate of drug-likeness (QED) is 0.738. The number of thiazole rings is 1. The normalized spacial score (nSPS) is 16.2. The Kier molecular flexibility index (Phi) is 6.02. The van der Waals surface area contributed by atoms with Gasteiger partial charge in [-0.05, 0) is 18.4 Å². The largest absolute Gasteiger partial charge is 0.480 e. The number of nitrogens with one attached hydrogen (secondary N) is 1. The van der Waals surface area contributed by atoms with Crippen LogP contribution in [0.5, 0.6) is 5.88 Å². The summed E-state index contributed by atoms with van der Waals surface area (Å²) in [5.41, 5.74) is 0. The number of ether oxygens (including phenoxy) is 1. The van der Waals surface area contributed by atoms with E-state index in [4.69, 9.17) is 16.3 Å². The Morgan fingerprint density at radius 2 is 2.30 bits per heavy atom. The maximum Gasteiger partial charge on any atom is 0.265 e. The molecule has 2 aromatic rings. The fourth-order valence-electron chi connectivity index (χ4n) is 2.81. The number of aromatic nitrogens is 3. The first-order valence-corrected chi connectivity index (χ1v) is 9.43. The molecule has 0 spiro atoms. The average Bonchev–Trinajstić information content (AvgIpc) is 3.32. The lowest BCUT2D eigenvalue weighted by atomic mass is 10.0. The van der Waals surface area contributed by atoms with Crippen molar-refractivity contribution in [1.29, 1.82) is 0 Å². The predicted molar refractivity (Wildman–Crippen MR) is 102 cm³/mol. The molecule has 0 radical (unpaired) electrons. The van der Waals surface area contributed by atoms with Gasteiger partial charge >= 0.3 is 0 Å². The van der Waals surface area contributed by atoms with Crippen LogP contribution in [0.1, 0.15) is 21.9 Å². The Morgan fingerprint density at radius 3 is 3.04 bits per heavy atom. The van der Waals surface area contributed by atoms with E-state index >= 15 is 0 Å². The molecular weight excluding hydrogens is 390 g/mol. The lowest BCUT2D eigenvalue weighted by Crippen LogP contribution is -2.28. The van der Waals surface area contributed by atoms with Gasteiger partial charge in [0.05, 0.1) is 19.5 Å². The highest BCUT2D eigenvalue weighted by atomic mass is 35.5. The van der Waals surface area contributed by atoms with Crippen molar-refractivity contribution in [2.24, 2.45) is 5.92 Å². The monoisotopic (exact) mass is 407 g/mol. The van der Waals surface area contributed by atoms with Crippen LogP contribution in [-0.2, 0) is 11.2 Å². The minimum Gasteiger partial charge on any atom is -0.480 e. The molecule has 2 amide bonds. The Bertz CT molecular complexity index is 872. The van der Waals surface area contributed by atoms with Crippen LogP contribution < -0.4 is 10.1 Å². The van der Waals surface area contributed by atoms with E-state index in [0.717, 1.165) is 23.8 Å². The average molecular weight is 408 g/mol. The number of carbonyl (C=O) groups is 2. The topological polar surface area (TPSA) is 97.3 Å². The first-order chi connectivity index (χ1) is 13.0. The van der Waals surface area contributed by atoms with E-state index in [0.29, 0.717) is 46.2 Å². The van der Waals surface area contributed by atoms with Crippen molar-refractivity contribution in [2.45, 2.75) is 12.8 Å². The van der Waals surface area contributed by atoms with E-state index < -0.39 is 0 Å². The van der Waals surface area contributed by atoms with Gasteiger partial charge in [-0.1, -0.05) is 29.5 Å². The van der Waals surface area contributed by atoms with Crippen LogP contribution >= 0.6 is 22.9 Å². The maximum atomic E-state index is 12.7. The minimum absolute atomic E-state index is 0.0938. The van der Waals surface area contributed by atoms with Crippen LogP contribution in [-0.4, -0.2) is 51.9 Å². The Morgan fingerprint density at radius 1 is 1.48 bits per heavy atom. The lowest BCUT2D eigenvalue weighted by Gasteiger charge is -2.15. The van der Waals surface area contributed by atoms with E-state index in [9.17, 15) is 9.59 Å². The van der Waals surface area contributed by atoms with Gasteiger partial charge in [-0.3, -0.25) is 14.9 Å². The molecule has 10 heteroatoms. The van der Waals surface area contributed by atoms with Gasteiger partial charge in [0, 0.05) is 19.5 Å². The van der Waals surface area contributed by atoms with Crippen LogP contribution in [0.25, 0.3) is 0 Å². The SMILES string of the molecule is C=CC(=O)Nc1ncc(C(=O)N2CC[C@@H](Cc3ncc(Cl)c(OC)n3)C2)s1. The zero-order valence-corrected chi connectivity index (χ0v) is 16.2. The van der Waals surface area contributed by atoms with Gasteiger partial charge < -0.3 is 9.64 Å². The molecule has 27 heavy (non-hydrogen) atoms. The maximum absolute atomic E-state index is 12.7. The van der Waals surface area contributed by atoms with E-state index in [2.05, 4.69) is 26.8 Å². The number of methoxy groups -OCH3 is 1. The highest BCUT2D eigenvalue weighted by molar-refractivity contribution is 7.17. The number of likely N-dealkylation sites (tertiary alicyclic amines) is 1. The third-order valence-electron chi connectivity index (χ3n) is 4.13. The highest BCUT2D eigenvalue weighted by Gasteiger charge is 2.29. The molecule has 1 fully saturated rings. The third-order valence-corrected chi connectivity index (χ3v) is 5.29. The summed E-state index contributed by atoms with van der Waals surface area (Å²) in [6.45, 7) is 4.65. The number of nitrogens with zero attached hydrogens (tertiary/aromatic N) is 4. The molecule has 1 atom stereocenters. The zero-order valence-electron chi connectivity index (χ0n) is 14.6. The van der Waals surface area contributed by atoms with Gasteiger partial charge in [-0.2, -0.15) is 4.98 Å². The Balaban J connectivity index is 1.59. The summed E-state index contributed by atoms with van der Waals surface area (Å²) in [6, 6.07) is 0. The van der Waals surface area contributed by atoms with E-state index in [1.165, 1.54) is 19.5 Å². The summed E-state index contributed by atoms with van der Waals surface area (Å²) in [7, 11) is 1.51. The van der Waals surface area contributed by atoms with Crippen molar-refractivity contribution in [1.82, 2.24) is 19.9 Å². The molecule has 0 saturated carbocycles. The predicted octanol–water partition coefficient (Wildman–Crippen LogP) is 2.42. The molecule has 1 aliphatic rings.